The summed E-state index contributed by atoms with van der Waals surface area (Å²) in [4.78, 5) is 13.5. The van der Waals surface area contributed by atoms with Gasteiger partial charge in [0, 0.05) is 5.56 Å². The van der Waals surface area contributed by atoms with Crippen LogP contribution in [0.4, 0.5) is 0 Å². The zero-order valence-electron chi connectivity index (χ0n) is 19.3. The van der Waals surface area contributed by atoms with Crippen LogP contribution in [0, 0.1) is 17.2 Å². The lowest BCUT2D eigenvalue weighted by Crippen LogP contribution is -2.24. The van der Waals surface area contributed by atoms with E-state index < -0.39 is 18.0 Å². The monoisotopic (exact) mass is 449 g/mol. The van der Waals surface area contributed by atoms with Gasteiger partial charge in [-0.1, -0.05) is 93.1 Å². The molecule has 0 saturated heterocycles. The Morgan fingerprint density at radius 2 is 1.56 bits per heavy atom. The van der Waals surface area contributed by atoms with E-state index in [-0.39, 0.29) is 5.92 Å². The van der Waals surface area contributed by atoms with Gasteiger partial charge in [-0.25, -0.2) is 0 Å². The number of esters is 1. The molecule has 0 aromatic heterocycles. The molecule has 0 N–H and O–H groups in total. The third kappa shape index (κ3) is 5.10. The van der Waals surface area contributed by atoms with E-state index in [1.807, 2.05) is 85.8 Å². The highest BCUT2D eigenvalue weighted by molar-refractivity contribution is 5.91. The number of nitrogens with zero attached hydrogens (tertiary/aromatic N) is 1. The number of nitriles is 1. The zero-order chi connectivity index (χ0) is 23.9. The molecule has 0 bridgehead atoms. The molecule has 0 heterocycles. The molecule has 4 nitrogen and oxygen atoms in total. The van der Waals surface area contributed by atoms with Gasteiger partial charge < -0.3 is 9.47 Å². The Morgan fingerprint density at radius 1 is 0.882 bits per heavy atom. The van der Waals surface area contributed by atoms with Crippen LogP contribution < -0.4 is 4.74 Å². The van der Waals surface area contributed by atoms with Crippen LogP contribution in [0.5, 0.6) is 11.5 Å². The average molecular weight is 450 g/mol. The van der Waals surface area contributed by atoms with Crippen molar-refractivity contribution in [3.8, 4) is 17.6 Å². The highest BCUT2D eigenvalue weighted by atomic mass is 16.5. The summed E-state index contributed by atoms with van der Waals surface area (Å²) in [7, 11) is 0. The van der Waals surface area contributed by atoms with Gasteiger partial charge in [0.2, 0.25) is 6.10 Å². The van der Waals surface area contributed by atoms with Gasteiger partial charge in [0.25, 0.3) is 0 Å². The number of benzene rings is 4. The van der Waals surface area contributed by atoms with Crippen molar-refractivity contribution in [2.45, 2.75) is 32.3 Å². The first kappa shape index (κ1) is 23.1. The number of hydrogen-bond acceptors (Lipinski definition) is 4. The van der Waals surface area contributed by atoms with Crippen molar-refractivity contribution in [2.75, 3.05) is 0 Å². The van der Waals surface area contributed by atoms with Gasteiger partial charge >= 0.3 is 5.97 Å². The largest absolute Gasteiger partial charge is 0.457 e. The van der Waals surface area contributed by atoms with Crippen LogP contribution in [0.15, 0.2) is 97.1 Å². The van der Waals surface area contributed by atoms with Gasteiger partial charge in [-0.05, 0) is 46.5 Å². The van der Waals surface area contributed by atoms with Gasteiger partial charge in [-0.15, -0.1) is 0 Å². The highest BCUT2D eigenvalue weighted by Gasteiger charge is 2.31. The summed E-state index contributed by atoms with van der Waals surface area (Å²) in [6.07, 6.45) is -0.228. The van der Waals surface area contributed by atoms with Crippen LogP contribution >= 0.6 is 0 Å². The lowest BCUT2D eigenvalue weighted by Gasteiger charge is -2.24. The maximum Gasteiger partial charge on any atom is 0.315 e. The molecule has 0 saturated carbocycles. The van der Waals surface area contributed by atoms with E-state index in [2.05, 4.69) is 13.0 Å². The Kier molecular flexibility index (Phi) is 7.25. The molecule has 4 aromatic rings. The first-order valence-electron chi connectivity index (χ1n) is 11.5. The van der Waals surface area contributed by atoms with Gasteiger partial charge in [-0.2, -0.15) is 5.26 Å². The Hall–Kier alpha value is -4.10. The number of ether oxygens (including phenoxy) is 2. The minimum atomic E-state index is -1.03. The molecule has 0 radical (unpaired) electrons. The van der Waals surface area contributed by atoms with Crippen molar-refractivity contribution < 1.29 is 14.3 Å². The summed E-state index contributed by atoms with van der Waals surface area (Å²) in [6, 6.07) is 32.7. The fourth-order valence-corrected chi connectivity index (χ4v) is 4.15. The molecule has 4 aromatic carbocycles. The van der Waals surface area contributed by atoms with Crippen LogP contribution in [0.2, 0.25) is 0 Å². The maximum atomic E-state index is 13.5. The average Bonchev–Trinajstić information content (AvgIpc) is 2.88. The predicted molar refractivity (Wildman–Crippen MR) is 134 cm³/mol. The van der Waals surface area contributed by atoms with Crippen LogP contribution in [0.25, 0.3) is 10.8 Å². The van der Waals surface area contributed by atoms with Crippen LogP contribution in [-0.4, -0.2) is 5.97 Å². The number of carbonyl (C=O) groups is 1. The van der Waals surface area contributed by atoms with E-state index in [1.54, 1.807) is 18.2 Å². The van der Waals surface area contributed by atoms with E-state index in [9.17, 15) is 10.1 Å². The van der Waals surface area contributed by atoms with Crippen molar-refractivity contribution in [3.05, 3.63) is 108 Å². The van der Waals surface area contributed by atoms with Crippen molar-refractivity contribution >= 4 is 16.7 Å². The maximum absolute atomic E-state index is 13.5. The molecule has 0 aliphatic rings. The van der Waals surface area contributed by atoms with Gasteiger partial charge in [0.15, 0.2) is 0 Å². The molecule has 0 spiro atoms. The molecule has 3 atom stereocenters. The van der Waals surface area contributed by atoms with Gasteiger partial charge in [0.1, 0.15) is 17.6 Å². The smallest absolute Gasteiger partial charge is 0.315 e. The first-order valence-corrected chi connectivity index (χ1v) is 11.5. The standard InChI is InChI=1S/C30H27NO3/c1-3-21(2)29(27-18-10-12-22-11-7-8-17-26(22)27)30(32)34-28(20-31)23-13-9-16-25(19-23)33-24-14-5-4-6-15-24/h4-19,21,28-29H,3H2,1-2H3. The summed E-state index contributed by atoms with van der Waals surface area (Å²) in [5.41, 5.74) is 1.50. The molecule has 3 unspecified atom stereocenters. The van der Waals surface area contributed by atoms with Crippen LogP contribution in [-0.2, 0) is 9.53 Å². The first-order chi connectivity index (χ1) is 16.6. The normalized spacial score (nSPS) is 13.4. The van der Waals surface area contributed by atoms with E-state index in [4.69, 9.17) is 9.47 Å². The number of hydrogen-bond donors (Lipinski definition) is 0. The third-order valence-electron chi connectivity index (χ3n) is 6.12. The Bertz CT molecular complexity index is 1300. The topological polar surface area (TPSA) is 59.3 Å². The second-order valence-electron chi connectivity index (χ2n) is 8.37. The summed E-state index contributed by atoms with van der Waals surface area (Å²) in [6.45, 7) is 4.10. The minimum Gasteiger partial charge on any atom is -0.457 e. The molecule has 4 heteroatoms. The van der Waals surface area contributed by atoms with Crippen molar-refractivity contribution in [3.63, 3.8) is 0 Å². The van der Waals surface area contributed by atoms with Crippen LogP contribution in [0.3, 0.4) is 0 Å². The fourth-order valence-electron chi connectivity index (χ4n) is 4.15. The molecule has 0 amide bonds. The zero-order valence-corrected chi connectivity index (χ0v) is 19.3. The van der Waals surface area contributed by atoms with Crippen molar-refractivity contribution in [1.29, 1.82) is 5.26 Å². The lowest BCUT2D eigenvalue weighted by molar-refractivity contribution is -0.150. The van der Waals surface area contributed by atoms with Crippen molar-refractivity contribution in [1.82, 2.24) is 0 Å². The fraction of sp³-hybridized carbons (Fsp3) is 0.200. The molecule has 0 aliphatic heterocycles. The number of carbonyl (C=O) groups excluding carboxylic acids is 1. The molecule has 170 valence electrons. The SMILES string of the molecule is CCC(C)C(C(=O)OC(C#N)c1cccc(Oc2ccccc2)c1)c1cccc2ccccc12. The van der Waals surface area contributed by atoms with Crippen LogP contribution in [0.1, 0.15) is 43.4 Å². The van der Waals surface area contributed by atoms with E-state index in [0.717, 1.165) is 22.8 Å². The van der Waals surface area contributed by atoms with Crippen molar-refractivity contribution in [2.24, 2.45) is 5.92 Å². The minimum absolute atomic E-state index is 0.0467. The second kappa shape index (κ2) is 10.7. The molecule has 0 fully saturated rings. The quantitative estimate of drug-likeness (QED) is 0.260. The summed E-state index contributed by atoms with van der Waals surface area (Å²) < 4.78 is 11.7. The Balaban J connectivity index is 1.61. The predicted octanol–water partition coefficient (Wildman–Crippen LogP) is 7.57. The molecular formula is C30H27NO3. The number of fused-ring (bicyclic) bond motifs is 1. The number of rotatable bonds is 8. The Morgan fingerprint density at radius 3 is 2.32 bits per heavy atom. The van der Waals surface area contributed by atoms with Gasteiger partial charge in [-0.3, -0.25) is 4.79 Å². The summed E-state index contributed by atoms with van der Waals surface area (Å²) in [5, 5.41) is 12.0. The molecule has 0 aliphatic carbocycles. The van der Waals surface area contributed by atoms with E-state index in [0.29, 0.717) is 17.1 Å². The Labute approximate surface area is 200 Å². The molecule has 4 rings (SSSR count). The van der Waals surface area contributed by atoms with E-state index in [1.165, 1.54) is 0 Å². The second-order valence-corrected chi connectivity index (χ2v) is 8.37. The van der Waals surface area contributed by atoms with Gasteiger partial charge in [0.05, 0.1) is 5.92 Å². The summed E-state index contributed by atoms with van der Waals surface area (Å²) in [5.74, 6) is 0.443. The molecular weight excluding hydrogens is 422 g/mol. The van der Waals surface area contributed by atoms with E-state index >= 15 is 0 Å². The lowest BCUT2D eigenvalue weighted by atomic mass is 9.83. The highest BCUT2D eigenvalue weighted by Crippen LogP contribution is 2.35. The summed E-state index contributed by atoms with van der Waals surface area (Å²) >= 11 is 0. The number of para-hydroxylation sites is 1. The third-order valence-corrected chi connectivity index (χ3v) is 6.12. The molecule has 34 heavy (non-hydrogen) atoms.